The van der Waals surface area contributed by atoms with Crippen LogP contribution in [0.3, 0.4) is 0 Å². The first-order valence-corrected chi connectivity index (χ1v) is 11.0. The minimum Gasteiger partial charge on any atom is -0.440 e. The summed E-state index contributed by atoms with van der Waals surface area (Å²) in [6, 6.07) is 17.7. The van der Waals surface area contributed by atoms with Crippen molar-refractivity contribution in [3.8, 4) is 6.07 Å². The Kier molecular flexibility index (Phi) is 6.38. The van der Waals surface area contributed by atoms with Gasteiger partial charge in [0.2, 0.25) is 5.88 Å². The lowest BCUT2D eigenvalue weighted by Crippen LogP contribution is -2.31. The van der Waals surface area contributed by atoms with E-state index in [-0.39, 0.29) is 11.8 Å². The molecule has 1 unspecified atom stereocenters. The monoisotopic (exact) mass is 451 g/mol. The normalized spacial score (nSPS) is 19.3. The Morgan fingerprint density at radius 3 is 2.32 bits per heavy atom. The minimum atomic E-state index is -0.272. The molecule has 0 spiro atoms. The first-order valence-electron chi connectivity index (χ1n) is 10.2. The second-order valence-electron chi connectivity index (χ2n) is 7.75. The van der Waals surface area contributed by atoms with Crippen molar-refractivity contribution in [3.63, 3.8) is 0 Å². The van der Waals surface area contributed by atoms with Gasteiger partial charge in [-0.05, 0) is 65.6 Å². The summed E-state index contributed by atoms with van der Waals surface area (Å²) in [4.78, 5) is 2.38. The lowest BCUT2D eigenvalue weighted by atomic mass is 9.82. The van der Waals surface area contributed by atoms with Crippen LogP contribution >= 0.6 is 23.2 Å². The summed E-state index contributed by atoms with van der Waals surface area (Å²) in [6.45, 7) is 4.54. The molecule has 158 valence electrons. The van der Waals surface area contributed by atoms with Crippen molar-refractivity contribution in [1.29, 1.82) is 5.26 Å². The standard InChI is InChI=1S/C25H23Cl2N3O/c1-2-11-30-14-18(16-3-7-19(26)8-4-16)12-23-22(15-30)24(21(13-28)25(29)31-23)17-5-9-20(27)10-6-17/h3-10,12,24H,2,11,14-15,29H2,1H3. The molecule has 0 amide bonds. The van der Waals surface area contributed by atoms with E-state index in [1.54, 1.807) is 0 Å². The lowest BCUT2D eigenvalue weighted by molar-refractivity contribution is 0.278. The molecule has 0 radical (unpaired) electrons. The number of ether oxygens (including phenoxy) is 1. The van der Waals surface area contributed by atoms with E-state index in [0.29, 0.717) is 27.9 Å². The van der Waals surface area contributed by atoms with Gasteiger partial charge in [-0.25, -0.2) is 0 Å². The van der Waals surface area contributed by atoms with Crippen molar-refractivity contribution in [2.75, 3.05) is 19.6 Å². The predicted octanol–water partition coefficient (Wildman–Crippen LogP) is 5.86. The second kappa shape index (κ2) is 9.20. The van der Waals surface area contributed by atoms with Crippen molar-refractivity contribution in [2.24, 2.45) is 5.73 Å². The van der Waals surface area contributed by atoms with Gasteiger partial charge in [-0.2, -0.15) is 5.26 Å². The summed E-state index contributed by atoms with van der Waals surface area (Å²) in [5, 5.41) is 11.2. The molecule has 31 heavy (non-hydrogen) atoms. The molecule has 2 aromatic rings. The smallest absolute Gasteiger partial charge is 0.205 e. The van der Waals surface area contributed by atoms with E-state index < -0.39 is 0 Å². The Morgan fingerprint density at radius 2 is 1.71 bits per heavy atom. The van der Waals surface area contributed by atoms with Gasteiger partial charge >= 0.3 is 0 Å². The van der Waals surface area contributed by atoms with Gasteiger partial charge in [-0.1, -0.05) is 54.4 Å². The maximum atomic E-state index is 9.88. The van der Waals surface area contributed by atoms with Gasteiger partial charge < -0.3 is 10.5 Å². The van der Waals surface area contributed by atoms with Crippen LogP contribution in [0.1, 0.15) is 30.4 Å². The zero-order valence-corrected chi connectivity index (χ0v) is 18.7. The van der Waals surface area contributed by atoms with Gasteiger partial charge in [-0.15, -0.1) is 0 Å². The summed E-state index contributed by atoms with van der Waals surface area (Å²) in [6.07, 6.45) is 3.07. The Labute approximate surface area is 192 Å². The summed E-state index contributed by atoms with van der Waals surface area (Å²) < 4.78 is 6.01. The van der Waals surface area contributed by atoms with Crippen LogP contribution in [0.25, 0.3) is 5.57 Å². The topological polar surface area (TPSA) is 62.3 Å². The summed E-state index contributed by atoms with van der Waals surface area (Å²) in [5.41, 5.74) is 10.9. The quantitative estimate of drug-likeness (QED) is 0.631. The fourth-order valence-corrected chi connectivity index (χ4v) is 4.44. The highest BCUT2D eigenvalue weighted by atomic mass is 35.5. The van der Waals surface area contributed by atoms with Crippen LogP contribution in [-0.4, -0.2) is 24.5 Å². The van der Waals surface area contributed by atoms with E-state index in [0.717, 1.165) is 41.8 Å². The number of halogens is 2. The molecular formula is C25H23Cl2N3O. The van der Waals surface area contributed by atoms with Gasteiger partial charge in [0.25, 0.3) is 0 Å². The highest BCUT2D eigenvalue weighted by molar-refractivity contribution is 6.30. The third-order valence-corrected chi connectivity index (χ3v) is 6.11. The van der Waals surface area contributed by atoms with Crippen molar-refractivity contribution in [2.45, 2.75) is 19.3 Å². The lowest BCUT2D eigenvalue weighted by Gasteiger charge is -2.30. The molecule has 2 aliphatic heterocycles. The molecule has 0 aliphatic carbocycles. The number of nitrogens with two attached hydrogens (primary N) is 1. The number of benzene rings is 2. The molecule has 2 heterocycles. The zero-order valence-electron chi connectivity index (χ0n) is 17.2. The van der Waals surface area contributed by atoms with Crippen LogP contribution in [0.4, 0.5) is 0 Å². The Hall–Kier alpha value is -2.71. The van der Waals surface area contributed by atoms with Crippen LogP contribution in [0.15, 0.2) is 77.4 Å². The van der Waals surface area contributed by atoms with Gasteiger partial charge in [0.05, 0.1) is 5.92 Å². The maximum Gasteiger partial charge on any atom is 0.205 e. The van der Waals surface area contributed by atoms with Crippen molar-refractivity contribution >= 4 is 28.8 Å². The Morgan fingerprint density at radius 1 is 1.06 bits per heavy atom. The first-order chi connectivity index (χ1) is 15.0. The molecule has 4 nitrogen and oxygen atoms in total. The number of hydrogen-bond acceptors (Lipinski definition) is 4. The number of allylic oxidation sites excluding steroid dienone is 2. The van der Waals surface area contributed by atoms with Crippen molar-refractivity contribution in [1.82, 2.24) is 4.90 Å². The molecule has 1 atom stereocenters. The van der Waals surface area contributed by atoms with Crippen molar-refractivity contribution < 1.29 is 4.74 Å². The van der Waals surface area contributed by atoms with E-state index >= 15 is 0 Å². The average molecular weight is 452 g/mol. The molecule has 6 heteroatoms. The molecule has 4 rings (SSSR count). The van der Waals surface area contributed by atoms with Gasteiger partial charge in [0.1, 0.15) is 17.4 Å². The third kappa shape index (κ3) is 4.50. The van der Waals surface area contributed by atoms with Gasteiger partial charge in [0.15, 0.2) is 0 Å². The number of nitrogens with zero attached hydrogens (tertiary/aromatic N) is 2. The second-order valence-corrected chi connectivity index (χ2v) is 8.63. The van der Waals surface area contributed by atoms with Gasteiger partial charge in [0, 0.05) is 23.1 Å². The van der Waals surface area contributed by atoms with Crippen LogP contribution in [0.5, 0.6) is 0 Å². The van der Waals surface area contributed by atoms with Crippen LogP contribution in [0.2, 0.25) is 10.0 Å². The Bertz CT molecular complexity index is 1110. The highest BCUT2D eigenvalue weighted by Gasteiger charge is 2.34. The average Bonchev–Trinajstić information content (AvgIpc) is 2.93. The highest BCUT2D eigenvalue weighted by Crippen LogP contribution is 2.42. The van der Waals surface area contributed by atoms with E-state index in [2.05, 4.69) is 24.0 Å². The minimum absolute atomic E-state index is 0.150. The molecule has 2 N–H and O–H groups in total. The molecule has 2 aromatic carbocycles. The maximum absolute atomic E-state index is 9.88. The Balaban J connectivity index is 1.86. The van der Waals surface area contributed by atoms with Crippen LogP contribution in [0, 0.1) is 11.3 Å². The predicted molar refractivity (Wildman–Crippen MR) is 125 cm³/mol. The number of nitriles is 1. The largest absolute Gasteiger partial charge is 0.440 e. The molecule has 0 aromatic heterocycles. The molecular weight excluding hydrogens is 429 g/mol. The third-order valence-electron chi connectivity index (χ3n) is 5.61. The fraction of sp³-hybridized carbons (Fsp3) is 0.240. The van der Waals surface area contributed by atoms with E-state index in [9.17, 15) is 5.26 Å². The molecule has 2 aliphatic rings. The number of rotatable bonds is 4. The first kappa shape index (κ1) is 21.5. The molecule has 0 bridgehead atoms. The fourth-order valence-electron chi connectivity index (χ4n) is 4.19. The number of hydrogen-bond donors (Lipinski definition) is 1. The zero-order chi connectivity index (χ0) is 22.0. The SMILES string of the molecule is CCCN1CC(c2ccc(Cl)cc2)=CC2=C(C1)C(c1ccc(Cl)cc1)C(C#N)=C(N)O2. The van der Waals surface area contributed by atoms with E-state index in [1.807, 2.05) is 48.5 Å². The van der Waals surface area contributed by atoms with Gasteiger partial charge in [-0.3, -0.25) is 4.90 Å². The van der Waals surface area contributed by atoms with Crippen molar-refractivity contribution in [3.05, 3.63) is 98.6 Å². The molecule has 0 saturated carbocycles. The summed E-state index contributed by atoms with van der Waals surface area (Å²) in [5.74, 6) is 0.586. The van der Waals surface area contributed by atoms with Crippen LogP contribution in [-0.2, 0) is 4.74 Å². The van der Waals surface area contributed by atoms with E-state index in [4.69, 9.17) is 33.7 Å². The molecule has 0 saturated heterocycles. The summed E-state index contributed by atoms with van der Waals surface area (Å²) >= 11 is 12.2. The van der Waals surface area contributed by atoms with Crippen LogP contribution < -0.4 is 5.73 Å². The molecule has 0 fully saturated rings. The summed E-state index contributed by atoms with van der Waals surface area (Å²) in [7, 11) is 0. The van der Waals surface area contributed by atoms with E-state index in [1.165, 1.54) is 0 Å².